The summed E-state index contributed by atoms with van der Waals surface area (Å²) in [4.78, 5) is 18.1. The van der Waals surface area contributed by atoms with Gasteiger partial charge in [0.1, 0.15) is 17.6 Å². The number of ether oxygens (including phenoxy) is 1. The lowest BCUT2D eigenvalue weighted by Crippen LogP contribution is -2.15. The van der Waals surface area contributed by atoms with E-state index >= 15 is 0 Å². The third-order valence-corrected chi connectivity index (χ3v) is 3.73. The minimum Gasteiger partial charge on any atom is -0.454 e. The summed E-state index contributed by atoms with van der Waals surface area (Å²) < 4.78 is 6.92. The number of esters is 1. The molecule has 1 aromatic heterocycles. The van der Waals surface area contributed by atoms with Gasteiger partial charge < -0.3 is 14.2 Å². The number of hydrogen-bond acceptors (Lipinski definition) is 4. The summed E-state index contributed by atoms with van der Waals surface area (Å²) in [5.41, 5.74) is 1.58. The van der Waals surface area contributed by atoms with Crippen LogP contribution < -0.4 is 4.90 Å². The molecule has 21 heavy (non-hydrogen) atoms. The highest BCUT2D eigenvalue weighted by Crippen LogP contribution is 2.15. The maximum atomic E-state index is 12.0. The number of imidazole rings is 1. The van der Waals surface area contributed by atoms with Crippen LogP contribution in [0.15, 0.2) is 30.5 Å². The van der Waals surface area contributed by atoms with Gasteiger partial charge in [0, 0.05) is 26.3 Å². The summed E-state index contributed by atoms with van der Waals surface area (Å²) >= 11 is 5.88. The second-order valence-electron chi connectivity index (χ2n) is 4.69. The van der Waals surface area contributed by atoms with Crippen LogP contribution in [0.1, 0.15) is 23.1 Å². The number of halogens is 1. The van der Waals surface area contributed by atoms with Gasteiger partial charge in [-0.25, -0.2) is 9.78 Å². The minimum absolute atomic E-state index is 0.0959. The third-order valence-electron chi connectivity index (χ3n) is 3.38. The Kier molecular flexibility index (Phi) is 4.85. The van der Waals surface area contributed by atoms with Crippen LogP contribution in [0.4, 0.5) is 5.69 Å². The Labute approximate surface area is 129 Å². The highest BCUT2D eigenvalue weighted by Gasteiger charge is 2.11. The lowest BCUT2D eigenvalue weighted by atomic mass is 10.2. The molecule has 0 aliphatic carbocycles. The van der Waals surface area contributed by atoms with E-state index in [-0.39, 0.29) is 12.6 Å². The maximum absolute atomic E-state index is 12.0. The van der Waals surface area contributed by atoms with Crippen LogP contribution >= 0.6 is 11.6 Å². The quantitative estimate of drug-likeness (QED) is 0.797. The van der Waals surface area contributed by atoms with Gasteiger partial charge in [0.15, 0.2) is 0 Å². The van der Waals surface area contributed by atoms with Crippen LogP contribution in [0.3, 0.4) is 0 Å². The normalized spacial score (nSPS) is 10.5. The average Bonchev–Trinajstić information content (AvgIpc) is 2.83. The molecule has 1 heterocycles. The van der Waals surface area contributed by atoms with E-state index in [0.29, 0.717) is 16.5 Å². The summed E-state index contributed by atoms with van der Waals surface area (Å²) in [5, 5.41) is 0.507. The van der Waals surface area contributed by atoms with Gasteiger partial charge in [-0.1, -0.05) is 11.6 Å². The maximum Gasteiger partial charge on any atom is 0.338 e. The topological polar surface area (TPSA) is 47.4 Å². The van der Waals surface area contributed by atoms with E-state index in [0.717, 1.165) is 12.2 Å². The van der Waals surface area contributed by atoms with E-state index in [4.69, 9.17) is 16.3 Å². The minimum atomic E-state index is -0.375. The van der Waals surface area contributed by atoms with E-state index in [1.807, 2.05) is 19.2 Å². The summed E-state index contributed by atoms with van der Waals surface area (Å²) in [5.74, 6) is 0.232. The van der Waals surface area contributed by atoms with Crippen molar-refractivity contribution in [2.45, 2.75) is 13.5 Å². The molecule has 0 atom stereocenters. The third kappa shape index (κ3) is 3.55. The highest BCUT2D eigenvalue weighted by atomic mass is 35.5. The fourth-order valence-electron chi connectivity index (χ4n) is 1.81. The van der Waals surface area contributed by atoms with Gasteiger partial charge in [0.05, 0.1) is 11.8 Å². The average molecular weight is 308 g/mol. The molecule has 0 spiro atoms. The molecular weight excluding hydrogens is 290 g/mol. The predicted molar refractivity (Wildman–Crippen MR) is 82.7 cm³/mol. The molecule has 0 saturated carbocycles. The van der Waals surface area contributed by atoms with E-state index in [1.165, 1.54) is 6.20 Å². The molecule has 0 aliphatic rings. The molecule has 0 fully saturated rings. The number of hydrogen-bond donors (Lipinski definition) is 0. The van der Waals surface area contributed by atoms with Crippen LogP contribution in [0, 0.1) is 0 Å². The van der Waals surface area contributed by atoms with Gasteiger partial charge in [-0.3, -0.25) is 0 Å². The van der Waals surface area contributed by atoms with Gasteiger partial charge in [-0.15, -0.1) is 0 Å². The molecule has 0 radical (unpaired) electrons. The lowest BCUT2D eigenvalue weighted by Gasteiger charge is -2.16. The smallest absolute Gasteiger partial charge is 0.338 e. The Morgan fingerprint density at radius 1 is 1.38 bits per heavy atom. The Balaban J connectivity index is 1.99. The largest absolute Gasteiger partial charge is 0.454 e. The van der Waals surface area contributed by atoms with Crippen molar-refractivity contribution in [1.29, 1.82) is 0 Å². The van der Waals surface area contributed by atoms with Crippen molar-refractivity contribution in [1.82, 2.24) is 9.55 Å². The van der Waals surface area contributed by atoms with E-state index < -0.39 is 0 Å². The van der Waals surface area contributed by atoms with E-state index in [9.17, 15) is 4.79 Å². The first kappa shape index (κ1) is 15.4. The summed E-state index contributed by atoms with van der Waals surface area (Å²) in [6.45, 7) is 3.07. The van der Waals surface area contributed by atoms with E-state index in [1.54, 1.807) is 23.7 Å². The zero-order valence-electron chi connectivity index (χ0n) is 12.3. The van der Waals surface area contributed by atoms with Crippen molar-refractivity contribution in [2.75, 3.05) is 18.5 Å². The fourth-order valence-corrected chi connectivity index (χ4v) is 1.95. The van der Waals surface area contributed by atoms with Crippen molar-refractivity contribution in [3.05, 3.63) is 47.0 Å². The second kappa shape index (κ2) is 6.63. The molecule has 112 valence electrons. The standard InChI is InChI=1S/C15H18ClN3O2/c1-4-18(2)12-7-5-11(6-8-12)15(20)21-10-14-17-9-13(16)19(14)3/h5-9H,4,10H2,1-3H3. The number of benzene rings is 1. The summed E-state index contributed by atoms with van der Waals surface area (Å²) in [7, 11) is 3.77. The van der Waals surface area contributed by atoms with Crippen molar-refractivity contribution in [3.63, 3.8) is 0 Å². The molecule has 1 aromatic carbocycles. The lowest BCUT2D eigenvalue weighted by molar-refractivity contribution is 0.0459. The van der Waals surface area contributed by atoms with Crippen molar-refractivity contribution in [3.8, 4) is 0 Å². The fraction of sp³-hybridized carbons (Fsp3) is 0.333. The molecule has 0 saturated heterocycles. The van der Waals surface area contributed by atoms with Gasteiger partial charge in [-0.2, -0.15) is 0 Å². The zero-order valence-corrected chi connectivity index (χ0v) is 13.1. The zero-order chi connectivity index (χ0) is 15.4. The molecule has 0 bridgehead atoms. The molecule has 0 N–H and O–H groups in total. The molecular formula is C15H18ClN3O2. The molecule has 0 unspecified atom stereocenters. The van der Waals surface area contributed by atoms with Crippen LogP contribution in [0.25, 0.3) is 0 Å². The van der Waals surface area contributed by atoms with E-state index in [2.05, 4.69) is 16.8 Å². The first-order valence-corrected chi connectivity index (χ1v) is 7.05. The molecule has 0 amide bonds. The molecule has 2 aromatic rings. The highest BCUT2D eigenvalue weighted by molar-refractivity contribution is 6.29. The summed E-state index contributed by atoms with van der Waals surface area (Å²) in [6.07, 6.45) is 1.53. The number of carbonyl (C=O) groups excluding carboxylic acids is 1. The van der Waals surface area contributed by atoms with Crippen molar-refractivity contribution >= 4 is 23.3 Å². The Morgan fingerprint density at radius 3 is 2.57 bits per heavy atom. The van der Waals surface area contributed by atoms with Gasteiger partial charge in [-0.05, 0) is 31.2 Å². The monoisotopic (exact) mass is 307 g/mol. The van der Waals surface area contributed by atoms with Crippen LogP contribution in [-0.4, -0.2) is 29.1 Å². The number of aromatic nitrogens is 2. The first-order chi connectivity index (χ1) is 10.0. The Hall–Kier alpha value is -2.01. The van der Waals surface area contributed by atoms with Crippen LogP contribution in [0.2, 0.25) is 5.15 Å². The molecule has 0 aliphatic heterocycles. The number of rotatable bonds is 5. The Bertz CT molecular complexity index is 622. The number of nitrogens with zero attached hydrogens (tertiary/aromatic N) is 3. The molecule has 6 heteroatoms. The molecule has 5 nitrogen and oxygen atoms in total. The van der Waals surface area contributed by atoms with Gasteiger partial charge >= 0.3 is 5.97 Å². The number of carbonyl (C=O) groups is 1. The van der Waals surface area contributed by atoms with Gasteiger partial charge in [0.25, 0.3) is 0 Å². The van der Waals surface area contributed by atoms with Crippen LogP contribution in [-0.2, 0) is 18.4 Å². The second-order valence-corrected chi connectivity index (χ2v) is 5.08. The summed E-state index contributed by atoms with van der Waals surface area (Å²) in [6, 6.07) is 7.32. The Morgan fingerprint density at radius 2 is 2.05 bits per heavy atom. The van der Waals surface area contributed by atoms with Gasteiger partial charge in [0.2, 0.25) is 0 Å². The predicted octanol–water partition coefficient (Wildman–Crippen LogP) is 2.89. The molecule has 2 rings (SSSR count). The SMILES string of the molecule is CCN(C)c1ccc(C(=O)OCc2ncc(Cl)n2C)cc1. The number of anilines is 1. The first-order valence-electron chi connectivity index (χ1n) is 6.67. The van der Waals surface area contributed by atoms with Crippen molar-refractivity contribution < 1.29 is 9.53 Å². The van der Waals surface area contributed by atoms with Crippen LogP contribution in [0.5, 0.6) is 0 Å². The van der Waals surface area contributed by atoms with Crippen molar-refractivity contribution in [2.24, 2.45) is 7.05 Å².